The van der Waals surface area contributed by atoms with Crippen molar-refractivity contribution in [2.45, 2.75) is 0 Å². The number of para-hydroxylation sites is 6. The molecule has 0 saturated heterocycles. The van der Waals surface area contributed by atoms with Crippen LogP contribution in [0.4, 0.5) is 34.1 Å². The molecule has 0 atom stereocenters. The fraction of sp³-hybridized carbons (Fsp3) is 0. The zero-order chi connectivity index (χ0) is 39.0. The van der Waals surface area contributed by atoms with Crippen molar-refractivity contribution in [1.29, 1.82) is 0 Å². The van der Waals surface area contributed by atoms with Crippen LogP contribution >= 0.6 is 0 Å². The average Bonchev–Trinajstić information content (AvgIpc) is 3.84. The van der Waals surface area contributed by atoms with Crippen molar-refractivity contribution >= 4 is 147 Å². The largest absolute Gasteiger partial charge is 0.312 e. The van der Waals surface area contributed by atoms with Gasteiger partial charge in [0.2, 0.25) is 0 Å². The summed E-state index contributed by atoms with van der Waals surface area (Å²) in [5, 5.41) is 5.28. The lowest BCUT2D eigenvalue weighted by molar-refractivity contribution is 1.17. The summed E-state index contributed by atoms with van der Waals surface area (Å²) in [7, 11) is 0. The van der Waals surface area contributed by atoms with Crippen molar-refractivity contribution in [2.24, 2.45) is 0 Å². The Morgan fingerprint density at radius 1 is 0.262 bits per heavy atom. The maximum absolute atomic E-state index is 2.65. The fourth-order valence-corrected chi connectivity index (χ4v) is 13.5. The Balaban J connectivity index is 1.03. The number of hydrogen-bond donors (Lipinski definition) is 0. The predicted octanol–water partition coefficient (Wildman–Crippen LogP) is 6.25. The number of rotatable bonds is 0. The van der Waals surface area contributed by atoms with Crippen molar-refractivity contribution in [1.82, 2.24) is 9.13 Å². The Morgan fingerprint density at radius 2 is 0.656 bits per heavy atom. The third kappa shape index (κ3) is 3.18. The number of hydrogen-bond acceptors (Lipinski definition) is 2. The maximum atomic E-state index is 2.65. The predicted molar refractivity (Wildman–Crippen MR) is 258 cm³/mol. The first kappa shape index (κ1) is 30.4. The van der Waals surface area contributed by atoms with Gasteiger partial charge in [0.05, 0.1) is 11.0 Å². The number of aromatic nitrogens is 2. The molecule has 0 unspecified atom stereocenters. The molecule has 6 aliphatic heterocycles. The van der Waals surface area contributed by atoms with E-state index in [0.29, 0.717) is 0 Å². The molecule has 8 heterocycles. The van der Waals surface area contributed by atoms with Gasteiger partial charge in [-0.1, -0.05) is 127 Å². The molecule has 0 radical (unpaired) electrons. The van der Waals surface area contributed by atoms with E-state index in [2.05, 4.69) is 195 Å². The van der Waals surface area contributed by atoms with Crippen LogP contribution in [0.25, 0.3) is 55.0 Å². The molecule has 2 aromatic heterocycles. The van der Waals surface area contributed by atoms with E-state index < -0.39 is 0 Å². The Hall–Kier alpha value is -7.63. The normalized spacial score (nSPS) is 14.7. The standard InChI is InChI=1S/C54H29B3N4/c1-5-20-40-30(12-1)32-14-9-18-36-51(32)58(40)46-28-26-38-53-49(46)55(36)34-16-3-7-22-42(34)60(53)44-24-11-25-45-48(44)57(38)39-27-29-47-50-54(39)61(45)43-23-8-4-17-35(43)56(50)37-19-10-15-33-31-13-2-6-21-41(31)59(47)52(33)37/h1-29H. The minimum atomic E-state index is 0.0494. The van der Waals surface area contributed by atoms with Gasteiger partial charge in [-0.25, -0.2) is 0 Å². The molecule has 0 fully saturated rings. The van der Waals surface area contributed by atoms with Gasteiger partial charge >= 0.3 is 0 Å². The summed E-state index contributed by atoms with van der Waals surface area (Å²) >= 11 is 0. The highest BCUT2D eigenvalue weighted by atomic mass is 15.2. The number of benzene rings is 9. The summed E-state index contributed by atoms with van der Waals surface area (Å²) in [6.07, 6.45) is 0. The molecule has 4 nitrogen and oxygen atoms in total. The van der Waals surface area contributed by atoms with E-state index in [9.17, 15) is 0 Å². The second-order valence-electron chi connectivity index (χ2n) is 17.9. The monoisotopic (exact) mass is 766 g/mol. The van der Waals surface area contributed by atoms with Crippen LogP contribution in [0, 0.1) is 0 Å². The second-order valence-corrected chi connectivity index (χ2v) is 17.9. The van der Waals surface area contributed by atoms with Crippen LogP contribution in [-0.2, 0) is 0 Å². The molecule has 274 valence electrons. The number of nitrogens with zero attached hydrogens (tertiary/aromatic N) is 4. The van der Waals surface area contributed by atoms with E-state index in [4.69, 9.17) is 0 Å². The molecule has 0 aliphatic carbocycles. The smallest absolute Gasteiger partial charge is 0.252 e. The molecular formula is C54H29B3N4. The van der Waals surface area contributed by atoms with Gasteiger partial charge in [0.25, 0.3) is 20.1 Å². The van der Waals surface area contributed by atoms with Crippen LogP contribution < -0.4 is 59.0 Å². The number of fused-ring (bicyclic) bond motifs is 20. The summed E-state index contributed by atoms with van der Waals surface area (Å²) in [5.74, 6) is 0. The van der Waals surface area contributed by atoms with Crippen molar-refractivity contribution < 1.29 is 0 Å². The van der Waals surface area contributed by atoms with E-state index in [-0.39, 0.29) is 20.1 Å². The zero-order valence-corrected chi connectivity index (χ0v) is 32.8. The maximum Gasteiger partial charge on any atom is 0.252 e. The van der Waals surface area contributed by atoms with E-state index in [1.54, 1.807) is 0 Å². The van der Waals surface area contributed by atoms with E-state index >= 15 is 0 Å². The molecule has 0 bridgehead atoms. The summed E-state index contributed by atoms with van der Waals surface area (Å²) in [6, 6.07) is 67.5. The Bertz CT molecular complexity index is 3700. The minimum Gasteiger partial charge on any atom is -0.312 e. The highest BCUT2D eigenvalue weighted by Gasteiger charge is 2.52. The molecule has 11 aromatic rings. The van der Waals surface area contributed by atoms with E-state index in [0.717, 1.165) is 0 Å². The van der Waals surface area contributed by atoms with Gasteiger partial charge in [-0.3, -0.25) is 0 Å². The summed E-state index contributed by atoms with van der Waals surface area (Å²) in [6.45, 7) is 0.275. The van der Waals surface area contributed by atoms with Crippen molar-refractivity contribution in [3.05, 3.63) is 176 Å². The first-order chi connectivity index (χ1) is 30.3. The molecule has 7 heteroatoms. The zero-order valence-electron chi connectivity index (χ0n) is 32.8. The summed E-state index contributed by atoms with van der Waals surface area (Å²) in [4.78, 5) is 5.29. The fourth-order valence-electron chi connectivity index (χ4n) is 13.5. The number of anilines is 6. The van der Waals surface area contributed by atoms with Crippen LogP contribution in [0.2, 0.25) is 0 Å². The minimum absolute atomic E-state index is 0.0494. The third-order valence-corrected chi connectivity index (χ3v) is 15.5. The van der Waals surface area contributed by atoms with Crippen molar-refractivity contribution in [3.63, 3.8) is 0 Å². The van der Waals surface area contributed by atoms with Crippen molar-refractivity contribution in [3.8, 4) is 11.4 Å². The van der Waals surface area contributed by atoms with Crippen LogP contribution in [0.3, 0.4) is 0 Å². The molecular weight excluding hydrogens is 737 g/mol. The van der Waals surface area contributed by atoms with Crippen LogP contribution in [0.1, 0.15) is 0 Å². The highest BCUT2D eigenvalue weighted by Crippen LogP contribution is 2.48. The highest BCUT2D eigenvalue weighted by molar-refractivity contribution is 7.06. The molecule has 6 aliphatic rings. The second kappa shape index (κ2) is 10.0. The molecule has 0 saturated carbocycles. The first-order valence-electron chi connectivity index (χ1n) is 21.6. The lowest BCUT2D eigenvalue weighted by Gasteiger charge is -2.50. The van der Waals surface area contributed by atoms with Gasteiger partial charge in [0.1, 0.15) is 0 Å². The SMILES string of the molecule is c1ccc2c(c1)B1c3c(ccc4c3N2c2cccc3c2B4c2ccc4c5c2N3c2ccccc2B5c2cccc3c5ccccc5n-4c23)-n2c3ccccc3c3cccc1c32. The molecule has 9 aromatic carbocycles. The topological polar surface area (TPSA) is 16.3 Å². The Morgan fingerprint density at radius 3 is 1.18 bits per heavy atom. The van der Waals surface area contributed by atoms with Gasteiger partial charge in [0, 0.05) is 78.1 Å². The van der Waals surface area contributed by atoms with Crippen molar-refractivity contribution in [2.75, 3.05) is 9.80 Å². The Labute approximate surface area is 351 Å². The van der Waals surface area contributed by atoms with E-state index in [1.165, 1.54) is 138 Å². The molecule has 0 spiro atoms. The van der Waals surface area contributed by atoms with Crippen LogP contribution in [-0.4, -0.2) is 29.3 Å². The molecule has 0 N–H and O–H groups in total. The Kier molecular flexibility index (Phi) is 5.00. The average molecular weight is 766 g/mol. The lowest BCUT2D eigenvalue weighted by atomic mass is 9.27. The van der Waals surface area contributed by atoms with E-state index in [1.807, 2.05) is 0 Å². The molecule has 0 amide bonds. The first-order valence-corrected chi connectivity index (χ1v) is 21.6. The summed E-state index contributed by atoms with van der Waals surface area (Å²) < 4.78 is 5.16. The van der Waals surface area contributed by atoms with Gasteiger partial charge < -0.3 is 18.9 Å². The lowest BCUT2D eigenvalue weighted by Crippen LogP contribution is -2.70. The molecule has 17 rings (SSSR count). The molecule has 61 heavy (non-hydrogen) atoms. The quantitative estimate of drug-likeness (QED) is 0.170. The van der Waals surface area contributed by atoms with Gasteiger partial charge in [-0.05, 0) is 97.7 Å². The van der Waals surface area contributed by atoms with Gasteiger partial charge in [0.15, 0.2) is 0 Å². The van der Waals surface area contributed by atoms with Crippen LogP contribution in [0.15, 0.2) is 176 Å². The van der Waals surface area contributed by atoms with Crippen LogP contribution in [0.5, 0.6) is 0 Å². The third-order valence-electron chi connectivity index (χ3n) is 15.5. The summed E-state index contributed by atoms with van der Waals surface area (Å²) in [5.41, 5.74) is 28.2. The van der Waals surface area contributed by atoms with Gasteiger partial charge in [-0.2, -0.15) is 0 Å². The van der Waals surface area contributed by atoms with Gasteiger partial charge in [-0.15, -0.1) is 0 Å².